The Bertz CT molecular complexity index is 1390. The maximum Gasteiger partial charge on any atom is 0.416 e. The van der Waals surface area contributed by atoms with Crippen molar-refractivity contribution in [3.05, 3.63) is 125 Å². The number of hydrogen-bond acceptors (Lipinski definition) is 3. The molecule has 4 aromatic rings. The minimum Gasteiger partial charge on any atom is -0.493 e. The second kappa shape index (κ2) is 11.4. The molecule has 8 heteroatoms. The third-order valence-corrected chi connectivity index (χ3v) is 5.43. The van der Waals surface area contributed by atoms with E-state index in [0.29, 0.717) is 23.6 Å². The van der Waals surface area contributed by atoms with E-state index in [1.54, 1.807) is 36.4 Å². The van der Waals surface area contributed by atoms with Crippen molar-refractivity contribution in [3.63, 3.8) is 0 Å². The number of hydrogen-bond donors (Lipinski definition) is 2. The van der Waals surface area contributed by atoms with Crippen LogP contribution < -0.4 is 15.4 Å². The molecule has 0 radical (unpaired) electrons. The van der Waals surface area contributed by atoms with Crippen molar-refractivity contribution in [1.82, 2.24) is 0 Å². The van der Waals surface area contributed by atoms with Crippen LogP contribution in [0.15, 0.2) is 103 Å². The predicted octanol–water partition coefficient (Wildman–Crippen LogP) is 6.83. The van der Waals surface area contributed by atoms with Crippen LogP contribution in [0, 0.1) is 0 Å². The lowest BCUT2D eigenvalue weighted by Gasteiger charge is -2.11. The van der Waals surface area contributed by atoms with Crippen LogP contribution in [0.5, 0.6) is 5.75 Å². The molecule has 0 heterocycles. The van der Waals surface area contributed by atoms with E-state index in [0.717, 1.165) is 24.1 Å². The molecular formula is C29H23F3N2O3. The zero-order valence-electron chi connectivity index (χ0n) is 19.6. The maximum absolute atomic E-state index is 12.9. The normalized spacial score (nSPS) is 11.0. The van der Waals surface area contributed by atoms with Crippen LogP contribution in [0.4, 0.5) is 24.5 Å². The first-order valence-corrected chi connectivity index (χ1v) is 11.4. The van der Waals surface area contributed by atoms with Gasteiger partial charge in [-0.3, -0.25) is 9.59 Å². The fourth-order valence-corrected chi connectivity index (χ4v) is 3.58. The average Bonchev–Trinajstić information content (AvgIpc) is 2.89. The van der Waals surface area contributed by atoms with Gasteiger partial charge in [0.1, 0.15) is 5.75 Å². The van der Waals surface area contributed by atoms with Crippen LogP contribution in [0.3, 0.4) is 0 Å². The van der Waals surface area contributed by atoms with Crippen molar-refractivity contribution in [2.24, 2.45) is 0 Å². The Labute approximate surface area is 211 Å². The summed E-state index contributed by atoms with van der Waals surface area (Å²) in [6, 6.07) is 27.2. The highest BCUT2D eigenvalue weighted by Gasteiger charge is 2.30. The fourth-order valence-electron chi connectivity index (χ4n) is 3.58. The zero-order valence-corrected chi connectivity index (χ0v) is 19.6. The molecule has 0 saturated heterocycles. The molecule has 2 amide bonds. The van der Waals surface area contributed by atoms with Gasteiger partial charge in [0.05, 0.1) is 12.2 Å². The molecule has 2 N–H and O–H groups in total. The van der Waals surface area contributed by atoms with Crippen LogP contribution in [0.2, 0.25) is 0 Å². The second-order valence-electron chi connectivity index (χ2n) is 8.18. The van der Waals surface area contributed by atoms with Crippen molar-refractivity contribution in [1.29, 1.82) is 0 Å². The molecule has 37 heavy (non-hydrogen) atoms. The molecule has 0 aliphatic rings. The molecule has 4 rings (SSSR count). The summed E-state index contributed by atoms with van der Waals surface area (Å²) in [5, 5.41) is 5.19. The Morgan fingerprint density at radius 2 is 1.27 bits per heavy atom. The molecule has 0 unspecified atom stereocenters. The van der Waals surface area contributed by atoms with Gasteiger partial charge in [0.2, 0.25) is 0 Å². The standard InChI is InChI=1S/C29H23F3N2O3/c30-29(31,32)23-11-6-13-25(19-23)34-27(35)21-9-4-12-24(17-21)33-28(36)22-10-5-14-26(18-22)37-16-15-20-7-2-1-3-8-20/h1-14,17-19H,15-16H2,(H,33,36)(H,34,35). The number of carbonyl (C=O) groups is 2. The highest BCUT2D eigenvalue weighted by Crippen LogP contribution is 2.30. The van der Waals surface area contributed by atoms with Crippen LogP contribution >= 0.6 is 0 Å². The van der Waals surface area contributed by atoms with Crippen molar-refractivity contribution in [2.45, 2.75) is 12.6 Å². The summed E-state index contributed by atoms with van der Waals surface area (Å²) in [4.78, 5) is 25.4. The van der Waals surface area contributed by atoms with Crippen molar-refractivity contribution in [2.75, 3.05) is 17.2 Å². The predicted molar refractivity (Wildman–Crippen MR) is 136 cm³/mol. The third-order valence-electron chi connectivity index (χ3n) is 5.43. The Hall–Kier alpha value is -4.59. The van der Waals surface area contributed by atoms with Crippen LogP contribution in [0.25, 0.3) is 0 Å². The number of carbonyl (C=O) groups excluding carboxylic acids is 2. The highest BCUT2D eigenvalue weighted by molar-refractivity contribution is 6.07. The van der Waals surface area contributed by atoms with E-state index in [9.17, 15) is 22.8 Å². The number of benzene rings is 4. The smallest absolute Gasteiger partial charge is 0.416 e. The van der Waals surface area contributed by atoms with Gasteiger partial charge in [-0.25, -0.2) is 0 Å². The topological polar surface area (TPSA) is 67.4 Å². The van der Waals surface area contributed by atoms with Crippen molar-refractivity contribution >= 4 is 23.2 Å². The number of amides is 2. The summed E-state index contributed by atoms with van der Waals surface area (Å²) in [7, 11) is 0. The molecule has 0 aliphatic heterocycles. The van der Waals surface area contributed by atoms with E-state index < -0.39 is 23.6 Å². The van der Waals surface area contributed by atoms with Crippen LogP contribution in [-0.4, -0.2) is 18.4 Å². The summed E-state index contributed by atoms with van der Waals surface area (Å²) in [5.41, 5.74) is 1.20. The molecule has 5 nitrogen and oxygen atoms in total. The Kier molecular flexibility index (Phi) is 7.88. The average molecular weight is 505 g/mol. The van der Waals surface area contributed by atoms with E-state index in [2.05, 4.69) is 10.6 Å². The molecule has 4 aromatic carbocycles. The van der Waals surface area contributed by atoms with E-state index in [-0.39, 0.29) is 11.3 Å². The van der Waals surface area contributed by atoms with E-state index in [1.165, 1.54) is 24.3 Å². The molecule has 0 spiro atoms. The minimum atomic E-state index is -4.52. The first-order valence-electron chi connectivity index (χ1n) is 11.4. The van der Waals surface area contributed by atoms with Gasteiger partial charge in [0, 0.05) is 28.9 Å². The van der Waals surface area contributed by atoms with Gasteiger partial charge in [0.15, 0.2) is 0 Å². The summed E-state index contributed by atoms with van der Waals surface area (Å²) in [6.07, 6.45) is -3.79. The van der Waals surface area contributed by atoms with Gasteiger partial charge in [0.25, 0.3) is 11.8 Å². The largest absolute Gasteiger partial charge is 0.493 e. The third kappa shape index (κ3) is 7.20. The summed E-state index contributed by atoms with van der Waals surface area (Å²) < 4.78 is 44.6. The van der Waals surface area contributed by atoms with Gasteiger partial charge < -0.3 is 15.4 Å². The molecule has 0 fully saturated rings. The number of alkyl halides is 3. The van der Waals surface area contributed by atoms with Gasteiger partial charge in [-0.2, -0.15) is 13.2 Å². The molecule has 0 bridgehead atoms. The highest BCUT2D eigenvalue weighted by atomic mass is 19.4. The SMILES string of the molecule is O=C(Nc1cccc(C(F)(F)F)c1)c1cccc(NC(=O)c2cccc(OCCc3ccccc3)c2)c1. The summed E-state index contributed by atoms with van der Waals surface area (Å²) in [5.74, 6) is -0.453. The summed E-state index contributed by atoms with van der Waals surface area (Å²) in [6.45, 7) is 0.456. The number of halogens is 3. The second-order valence-corrected chi connectivity index (χ2v) is 8.18. The zero-order chi connectivity index (χ0) is 26.3. The lowest BCUT2D eigenvalue weighted by Crippen LogP contribution is -2.15. The lowest BCUT2D eigenvalue weighted by molar-refractivity contribution is -0.137. The number of anilines is 2. The molecular weight excluding hydrogens is 481 g/mol. The Morgan fingerprint density at radius 1 is 0.676 bits per heavy atom. The van der Waals surface area contributed by atoms with E-state index in [4.69, 9.17) is 4.74 Å². The van der Waals surface area contributed by atoms with E-state index in [1.807, 2.05) is 30.3 Å². The molecule has 0 saturated carbocycles. The molecule has 0 atom stereocenters. The quantitative estimate of drug-likeness (QED) is 0.276. The molecule has 0 aliphatic carbocycles. The van der Waals surface area contributed by atoms with Gasteiger partial charge in [-0.1, -0.05) is 48.5 Å². The van der Waals surface area contributed by atoms with E-state index >= 15 is 0 Å². The fraction of sp³-hybridized carbons (Fsp3) is 0.103. The maximum atomic E-state index is 12.9. The number of ether oxygens (including phenoxy) is 1. The Morgan fingerprint density at radius 3 is 1.95 bits per heavy atom. The monoisotopic (exact) mass is 504 g/mol. The minimum absolute atomic E-state index is 0.0124. The lowest BCUT2D eigenvalue weighted by atomic mass is 10.1. The van der Waals surface area contributed by atoms with Gasteiger partial charge >= 0.3 is 6.18 Å². The van der Waals surface area contributed by atoms with Crippen molar-refractivity contribution in [3.8, 4) is 5.75 Å². The number of nitrogens with one attached hydrogen (secondary N) is 2. The van der Waals surface area contributed by atoms with Gasteiger partial charge in [-0.05, 0) is 60.2 Å². The molecule has 0 aromatic heterocycles. The first kappa shape index (κ1) is 25.5. The number of rotatable bonds is 8. The first-order chi connectivity index (χ1) is 17.8. The van der Waals surface area contributed by atoms with Gasteiger partial charge in [-0.15, -0.1) is 0 Å². The Balaban J connectivity index is 1.37. The molecule has 188 valence electrons. The van der Waals surface area contributed by atoms with Crippen molar-refractivity contribution < 1.29 is 27.5 Å². The van der Waals surface area contributed by atoms with Crippen LogP contribution in [0.1, 0.15) is 31.8 Å². The van der Waals surface area contributed by atoms with Crippen LogP contribution in [-0.2, 0) is 12.6 Å². The summed E-state index contributed by atoms with van der Waals surface area (Å²) >= 11 is 0.